The third-order valence-electron chi connectivity index (χ3n) is 7.98. The first-order chi connectivity index (χ1) is 15.8. The molecule has 1 aliphatic carbocycles. The van der Waals surface area contributed by atoms with Gasteiger partial charge in [-0.3, -0.25) is 4.98 Å². The number of rotatable bonds is 2. The average molecular weight is 458 g/mol. The summed E-state index contributed by atoms with van der Waals surface area (Å²) < 4.78 is 40.5. The van der Waals surface area contributed by atoms with E-state index in [1.54, 1.807) is 4.90 Å². The summed E-state index contributed by atoms with van der Waals surface area (Å²) in [5.41, 5.74) is 4.43. The number of hydrogen-bond acceptors (Lipinski definition) is 4. The van der Waals surface area contributed by atoms with Gasteiger partial charge in [-0.1, -0.05) is 18.2 Å². The van der Waals surface area contributed by atoms with Crippen LogP contribution < -0.4 is 10.7 Å². The number of fused-ring (bicyclic) bond motifs is 3. The number of alkyl halides is 3. The highest BCUT2D eigenvalue weighted by Crippen LogP contribution is 2.50. The van der Waals surface area contributed by atoms with E-state index < -0.39 is 17.7 Å². The molecule has 33 heavy (non-hydrogen) atoms. The summed E-state index contributed by atoms with van der Waals surface area (Å²) in [5, 5.41) is 5.56. The summed E-state index contributed by atoms with van der Waals surface area (Å²) in [5.74, 6) is 0. The minimum atomic E-state index is -4.42. The number of benzene rings is 1. The molecule has 1 aromatic heterocycles. The third-order valence-corrected chi connectivity index (χ3v) is 7.98. The van der Waals surface area contributed by atoms with E-state index in [0.29, 0.717) is 19.5 Å². The molecule has 0 bridgehead atoms. The van der Waals surface area contributed by atoms with E-state index in [9.17, 15) is 18.0 Å². The van der Waals surface area contributed by atoms with E-state index in [4.69, 9.17) is 0 Å². The molecule has 0 radical (unpaired) electrons. The number of urea groups is 1. The standard InChI is InChI=1S/C24H26F3N5O/c25-24(26,27)23(6-3-7-23)29-21(33)31-10-8-22(15-31)9-11-32-20(22)13-19(30-32)17-12-16-4-1-2-5-18(16)28-14-17/h1-2,4-5,12-14,19,30H,3,6-11,15H2,(H,29,33). The Balaban J connectivity index is 1.20. The molecule has 1 spiro atoms. The fourth-order valence-corrected chi connectivity index (χ4v) is 5.81. The van der Waals surface area contributed by atoms with Crippen LogP contribution >= 0.6 is 0 Å². The maximum atomic E-state index is 13.5. The summed E-state index contributed by atoms with van der Waals surface area (Å²) >= 11 is 0. The first kappa shape index (κ1) is 20.8. The molecule has 3 aliphatic heterocycles. The molecule has 1 saturated carbocycles. The van der Waals surface area contributed by atoms with Gasteiger partial charge in [0, 0.05) is 42.3 Å². The van der Waals surface area contributed by atoms with Crippen molar-refractivity contribution in [1.82, 2.24) is 25.6 Å². The van der Waals surface area contributed by atoms with Gasteiger partial charge in [-0.15, -0.1) is 0 Å². The number of nitrogens with zero attached hydrogens (tertiary/aromatic N) is 3. The van der Waals surface area contributed by atoms with Crippen molar-refractivity contribution in [2.75, 3.05) is 19.6 Å². The van der Waals surface area contributed by atoms with Crippen LogP contribution in [0, 0.1) is 5.41 Å². The molecule has 3 fully saturated rings. The highest BCUT2D eigenvalue weighted by atomic mass is 19.4. The lowest BCUT2D eigenvalue weighted by atomic mass is 9.76. The number of hydrazine groups is 1. The topological polar surface area (TPSA) is 60.5 Å². The number of carbonyl (C=O) groups is 1. The fraction of sp³-hybridized carbons (Fsp3) is 0.500. The zero-order valence-corrected chi connectivity index (χ0v) is 18.2. The average Bonchev–Trinajstić information content (AvgIpc) is 3.46. The van der Waals surface area contributed by atoms with Gasteiger partial charge in [-0.05, 0) is 55.9 Å². The third kappa shape index (κ3) is 3.19. The van der Waals surface area contributed by atoms with Crippen molar-refractivity contribution in [2.24, 2.45) is 5.41 Å². The predicted octanol–water partition coefficient (Wildman–Crippen LogP) is 4.27. The highest BCUT2D eigenvalue weighted by molar-refractivity contribution is 5.79. The number of halogens is 3. The number of para-hydroxylation sites is 1. The van der Waals surface area contributed by atoms with Crippen molar-refractivity contribution in [3.05, 3.63) is 53.9 Å². The number of aromatic nitrogens is 1. The van der Waals surface area contributed by atoms with Crippen LogP contribution in [0.1, 0.15) is 43.7 Å². The molecule has 6 rings (SSSR count). The molecule has 2 atom stereocenters. The molecule has 2 unspecified atom stereocenters. The summed E-state index contributed by atoms with van der Waals surface area (Å²) in [6, 6.07) is 9.51. The predicted molar refractivity (Wildman–Crippen MR) is 117 cm³/mol. The Morgan fingerprint density at radius 3 is 2.70 bits per heavy atom. The zero-order chi connectivity index (χ0) is 22.8. The van der Waals surface area contributed by atoms with Gasteiger partial charge in [0.15, 0.2) is 0 Å². The number of nitrogens with one attached hydrogen (secondary N) is 2. The van der Waals surface area contributed by atoms with Gasteiger partial charge in [-0.2, -0.15) is 13.2 Å². The SMILES string of the molecule is O=C(NC1(C(F)(F)F)CCC1)N1CCC2(CCN3NC(c4cnc5ccccc5c4)C=C32)C1. The van der Waals surface area contributed by atoms with Crippen molar-refractivity contribution in [3.8, 4) is 0 Å². The molecular weight excluding hydrogens is 431 g/mol. The lowest BCUT2D eigenvalue weighted by Gasteiger charge is -2.44. The largest absolute Gasteiger partial charge is 0.411 e. The van der Waals surface area contributed by atoms with Crippen LogP contribution in [0.15, 0.2) is 48.3 Å². The summed E-state index contributed by atoms with van der Waals surface area (Å²) in [6.07, 6.45) is 1.72. The van der Waals surface area contributed by atoms with Crippen LogP contribution in [-0.2, 0) is 0 Å². The van der Waals surface area contributed by atoms with Gasteiger partial charge < -0.3 is 15.2 Å². The van der Waals surface area contributed by atoms with Gasteiger partial charge in [0.25, 0.3) is 0 Å². The lowest BCUT2D eigenvalue weighted by Crippen LogP contribution is -2.64. The molecule has 4 aliphatic rings. The number of hydrogen-bond donors (Lipinski definition) is 2. The van der Waals surface area contributed by atoms with Crippen LogP contribution in [0.5, 0.6) is 0 Å². The normalized spacial score (nSPS) is 28.2. The Morgan fingerprint density at radius 2 is 1.94 bits per heavy atom. The van der Waals surface area contributed by atoms with Crippen LogP contribution in [0.3, 0.4) is 0 Å². The van der Waals surface area contributed by atoms with Crippen LogP contribution in [0.25, 0.3) is 10.9 Å². The van der Waals surface area contributed by atoms with Crippen molar-refractivity contribution >= 4 is 16.9 Å². The van der Waals surface area contributed by atoms with Gasteiger partial charge in [-0.25, -0.2) is 10.2 Å². The molecule has 4 heterocycles. The Kier molecular flexibility index (Phi) is 4.46. The van der Waals surface area contributed by atoms with Gasteiger partial charge in [0.05, 0.1) is 11.6 Å². The lowest BCUT2D eigenvalue weighted by molar-refractivity contribution is -0.215. The van der Waals surface area contributed by atoms with E-state index in [0.717, 1.165) is 41.5 Å². The molecule has 2 saturated heterocycles. The fourth-order valence-electron chi connectivity index (χ4n) is 5.81. The molecule has 2 aromatic rings. The van der Waals surface area contributed by atoms with Crippen molar-refractivity contribution in [3.63, 3.8) is 0 Å². The summed E-state index contributed by atoms with van der Waals surface area (Å²) in [6.45, 7) is 1.72. The maximum Gasteiger partial charge on any atom is 0.411 e. The minimum absolute atomic E-state index is 0.0133. The monoisotopic (exact) mass is 457 g/mol. The Morgan fingerprint density at radius 1 is 1.15 bits per heavy atom. The maximum absolute atomic E-state index is 13.5. The first-order valence-corrected chi connectivity index (χ1v) is 11.5. The van der Waals surface area contributed by atoms with Gasteiger partial charge in [0.2, 0.25) is 0 Å². The second kappa shape index (κ2) is 7.09. The zero-order valence-electron chi connectivity index (χ0n) is 18.2. The molecule has 9 heteroatoms. The van der Waals surface area contributed by atoms with Crippen LogP contribution in [0.2, 0.25) is 0 Å². The van der Waals surface area contributed by atoms with Crippen LogP contribution in [-0.4, -0.2) is 52.3 Å². The van der Waals surface area contributed by atoms with Gasteiger partial charge in [0.1, 0.15) is 5.54 Å². The van der Waals surface area contributed by atoms with E-state index in [2.05, 4.69) is 32.9 Å². The quantitative estimate of drug-likeness (QED) is 0.707. The molecule has 174 valence electrons. The van der Waals surface area contributed by atoms with Crippen molar-refractivity contribution in [1.29, 1.82) is 0 Å². The number of carbonyl (C=O) groups excluding carboxylic acids is 1. The molecule has 1 aromatic carbocycles. The second-order valence-electron chi connectivity index (χ2n) is 9.84. The number of pyridine rings is 1. The van der Waals surface area contributed by atoms with Crippen molar-refractivity contribution in [2.45, 2.75) is 49.9 Å². The Labute approximate surface area is 189 Å². The molecule has 6 nitrogen and oxygen atoms in total. The van der Waals surface area contributed by atoms with E-state index in [-0.39, 0.29) is 24.3 Å². The number of likely N-dealkylation sites (tertiary alicyclic amines) is 1. The minimum Gasteiger partial charge on any atom is -0.324 e. The van der Waals surface area contributed by atoms with Crippen LogP contribution in [0.4, 0.5) is 18.0 Å². The molecule has 2 N–H and O–H groups in total. The van der Waals surface area contributed by atoms with Crippen molar-refractivity contribution < 1.29 is 18.0 Å². The summed E-state index contributed by atoms with van der Waals surface area (Å²) in [7, 11) is 0. The van der Waals surface area contributed by atoms with E-state index in [1.165, 1.54) is 0 Å². The highest BCUT2D eigenvalue weighted by Gasteiger charge is 2.60. The smallest absolute Gasteiger partial charge is 0.324 e. The van der Waals surface area contributed by atoms with Gasteiger partial charge >= 0.3 is 12.2 Å². The Bertz CT molecular complexity index is 1140. The number of amides is 2. The first-order valence-electron chi connectivity index (χ1n) is 11.5. The Hall–Kier alpha value is -2.81. The summed E-state index contributed by atoms with van der Waals surface area (Å²) in [4.78, 5) is 18.9. The molecule has 2 amide bonds. The second-order valence-corrected chi connectivity index (χ2v) is 9.84. The van der Waals surface area contributed by atoms with E-state index >= 15 is 0 Å². The van der Waals surface area contributed by atoms with E-state index in [1.807, 2.05) is 30.5 Å². The molecular formula is C24H26F3N5O.